The molecule has 1 aliphatic rings. The van der Waals surface area contributed by atoms with Gasteiger partial charge in [0.25, 0.3) is 5.91 Å². The highest BCUT2D eigenvalue weighted by Gasteiger charge is 2.35. The molecule has 1 amide bonds. The van der Waals surface area contributed by atoms with E-state index in [0.717, 1.165) is 89.7 Å². The number of benzene rings is 8. The Labute approximate surface area is 610 Å². The summed E-state index contributed by atoms with van der Waals surface area (Å²) in [6.45, 7) is 13.3. The molecular weight excluding hydrogens is 1350 g/mol. The molecule has 13 rings (SSSR count). The predicted octanol–water partition coefficient (Wildman–Crippen LogP) is 15.8. The summed E-state index contributed by atoms with van der Waals surface area (Å²) in [4.78, 5) is 108. The minimum Gasteiger partial charge on any atom is -0.497 e. The van der Waals surface area contributed by atoms with Crippen molar-refractivity contribution in [2.24, 2.45) is 0 Å². The molecule has 0 bridgehead atoms. The van der Waals surface area contributed by atoms with E-state index in [0.29, 0.717) is 63.9 Å². The minimum atomic E-state index is -0.758. The van der Waals surface area contributed by atoms with Gasteiger partial charge in [-0.25, -0.2) is 19.2 Å². The number of aryl methyl sites for hydroxylation is 1. The van der Waals surface area contributed by atoms with E-state index in [4.69, 9.17) is 50.8 Å². The van der Waals surface area contributed by atoms with Gasteiger partial charge < -0.3 is 55.7 Å². The first-order chi connectivity index (χ1) is 50.4. The van der Waals surface area contributed by atoms with Gasteiger partial charge >= 0.3 is 22.5 Å². The van der Waals surface area contributed by atoms with Gasteiger partial charge in [0.05, 0.1) is 27.4 Å². The Bertz CT molecular complexity index is 5420. The van der Waals surface area contributed by atoms with Gasteiger partial charge in [-0.05, 0) is 198 Å². The fourth-order valence-electron chi connectivity index (χ4n) is 11.7. The van der Waals surface area contributed by atoms with Crippen LogP contribution in [0.15, 0.2) is 231 Å². The maximum Gasteiger partial charge on any atom is 0.336 e. The second-order valence-electron chi connectivity index (χ2n) is 24.8. The van der Waals surface area contributed by atoms with Crippen molar-refractivity contribution in [2.45, 2.75) is 100 Å². The van der Waals surface area contributed by atoms with Crippen molar-refractivity contribution in [1.29, 1.82) is 0 Å². The van der Waals surface area contributed by atoms with Gasteiger partial charge in [-0.15, -0.1) is 0 Å². The number of nitrogens with zero attached hydrogens (tertiary/aromatic N) is 1. The highest BCUT2D eigenvalue weighted by atomic mass is 16.5. The van der Waals surface area contributed by atoms with Crippen molar-refractivity contribution >= 4 is 72.9 Å². The van der Waals surface area contributed by atoms with E-state index in [1.165, 1.54) is 52.0 Å². The van der Waals surface area contributed by atoms with Crippen LogP contribution in [-0.4, -0.2) is 92.8 Å². The molecule has 546 valence electrons. The Morgan fingerprint density at radius 2 is 0.802 bits per heavy atom. The SMILES string of the molecule is C.CC(=O)[C@H]1CCCN1C(=O)[C@@H](C)Oc1ccc2c(-c3ccccc3)cc(=O)oc2c1.COc1ccc(-c2cc(=O)oc3c(C)c(O[C@H](C)C(C)=O)ccc23)cc1.COc1ccc(-c2cc(=O)oc3cc(OCC(C)=O)ccc23)cc1.COc1ccc(-c2cc(=O)oc3cc(O[C@H](C)C(C)=O)ccc23)cc1. The van der Waals surface area contributed by atoms with Gasteiger partial charge in [-0.1, -0.05) is 74.2 Å². The van der Waals surface area contributed by atoms with Crippen molar-refractivity contribution in [3.8, 4) is 84.8 Å². The summed E-state index contributed by atoms with van der Waals surface area (Å²) in [6.07, 6.45) is -0.383. The molecule has 0 N–H and O–H groups in total. The van der Waals surface area contributed by atoms with Crippen LogP contribution in [0.2, 0.25) is 0 Å². The maximum absolute atomic E-state index is 12.8. The molecule has 5 heterocycles. The number of ketones is 4. The van der Waals surface area contributed by atoms with Crippen molar-refractivity contribution in [1.82, 2.24) is 4.90 Å². The Morgan fingerprint density at radius 1 is 0.434 bits per heavy atom. The van der Waals surface area contributed by atoms with E-state index in [9.17, 15) is 43.2 Å². The minimum absolute atomic E-state index is 0. The monoisotopic (exact) mass is 1440 g/mol. The molecule has 21 nitrogen and oxygen atoms in total. The standard InChI is InChI=1S/C24H23NO5.C21H20O5.C20H18O5.C19H16O5.CH4/c1-15(26)21-9-6-12-25(21)24(28)16(2)29-18-10-11-19-20(17-7-4-3-5-8-17)14-23(27)30-22(19)13-18;1-12-19(25-14(3)13(2)22)10-9-17-18(11-20(23)26-21(12)17)15-5-7-16(24-4)8-6-15;1-12(21)13(2)24-16-8-9-17-18(11-20(22)25-19(17)10-16)14-4-6-15(23-3)7-5-14;1-12(20)11-23-15-7-8-16-17(10-19(21)24-18(16)9-15)13-3-5-14(22-2)6-4-13;/h3-5,7-8,10-11,13-14,16,21H,6,9,12H2,1-2H3;5-11,14H,1-4H3;4-11,13H,1-3H3;3-10H,11H2,1-2H3;1H4/t16-,21-;14-;13-;;/m111../s1. The van der Waals surface area contributed by atoms with E-state index in [-0.39, 0.29) is 49.1 Å². The lowest BCUT2D eigenvalue weighted by molar-refractivity contribution is -0.142. The van der Waals surface area contributed by atoms with Crippen molar-refractivity contribution < 1.29 is 74.8 Å². The topological polar surface area (TPSA) is 274 Å². The Morgan fingerprint density at radius 3 is 1.22 bits per heavy atom. The third-order valence-electron chi connectivity index (χ3n) is 17.4. The Balaban J connectivity index is 0.000000164. The Kier molecular flexibility index (Phi) is 25.6. The summed E-state index contributed by atoms with van der Waals surface area (Å²) in [7, 11) is 4.81. The molecule has 1 aliphatic heterocycles. The third kappa shape index (κ3) is 19.0. The van der Waals surface area contributed by atoms with Crippen LogP contribution in [0, 0.1) is 6.92 Å². The maximum atomic E-state index is 12.8. The number of methoxy groups -OCH3 is 3. The lowest BCUT2D eigenvalue weighted by Crippen LogP contribution is -2.45. The van der Waals surface area contributed by atoms with Crippen LogP contribution in [0.25, 0.3) is 88.4 Å². The third-order valence-corrected chi connectivity index (χ3v) is 17.4. The zero-order valence-corrected chi connectivity index (χ0v) is 59.7. The van der Waals surface area contributed by atoms with E-state index < -0.39 is 40.8 Å². The molecule has 12 aromatic rings. The zero-order chi connectivity index (χ0) is 75.2. The average Bonchev–Trinajstić information content (AvgIpc) is 1.01. The number of likely N-dealkylation sites (tertiary alicyclic amines) is 1. The van der Waals surface area contributed by atoms with Gasteiger partial charge in [0.2, 0.25) is 0 Å². The van der Waals surface area contributed by atoms with E-state index in [1.807, 2.05) is 134 Å². The van der Waals surface area contributed by atoms with Gasteiger partial charge in [0, 0.05) is 76.1 Å². The smallest absolute Gasteiger partial charge is 0.336 e. The molecule has 4 atom stereocenters. The van der Waals surface area contributed by atoms with E-state index in [1.54, 1.807) is 89.5 Å². The van der Waals surface area contributed by atoms with Crippen LogP contribution in [0.5, 0.6) is 40.2 Å². The van der Waals surface area contributed by atoms with Crippen LogP contribution in [0.4, 0.5) is 0 Å². The molecule has 0 aliphatic carbocycles. The van der Waals surface area contributed by atoms with Crippen molar-refractivity contribution in [3.05, 3.63) is 241 Å². The van der Waals surface area contributed by atoms with Gasteiger partial charge in [0.15, 0.2) is 41.4 Å². The summed E-state index contributed by atoms with van der Waals surface area (Å²) in [6, 6.07) is 56.7. The lowest BCUT2D eigenvalue weighted by atomic mass is 10.00. The fraction of sp³-hybridized carbons (Fsp3) is 0.235. The first kappa shape index (κ1) is 77.5. The summed E-state index contributed by atoms with van der Waals surface area (Å²) < 4.78 is 59.4. The number of carbonyl (C=O) groups is 5. The summed E-state index contributed by atoms with van der Waals surface area (Å²) in [5.41, 5.74) is 7.19. The number of Topliss-reactive ketones (excluding diaryl/α,β-unsaturated/α-hetero) is 4. The average molecular weight is 1440 g/mol. The highest BCUT2D eigenvalue weighted by molar-refractivity contribution is 5.98. The summed E-state index contributed by atoms with van der Waals surface area (Å²) in [5.74, 6) is 3.68. The van der Waals surface area contributed by atoms with Crippen LogP contribution in [0.1, 0.15) is 74.3 Å². The number of carbonyl (C=O) groups excluding carboxylic acids is 5. The zero-order valence-electron chi connectivity index (χ0n) is 59.7. The van der Waals surface area contributed by atoms with Gasteiger partial charge in [-0.2, -0.15) is 0 Å². The second kappa shape index (κ2) is 35.0. The summed E-state index contributed by atoms with van der Waals surface area (Å²) >= 11 is 0. The fourth-order valence-corrected chi connectivity index (χ4v) is 11.7. The molecule has 8 aromatic carbocycles. The molecule has 1 fully saturated rings. The lowest BCUT2D eigenvalue weighted by Gasteiger charge is -2.26. The number of hydrogen-bond donors (Lipinski definition) is 0. The van der Waals surface area contributed by atoms with Crippen LogP contribution < -0.4 is 55.7 Å². The van der Waals surface area contributed by atoms with Crippen LogP contribution in [-0.2, 0) is 24.0 Å². The number of hydrogen-bond acceptors (Lipinski definition) is 20. The number of rotatable bonds is 20. The normalized spacial score (nSPS) is 13.0. The molecular formula is C85H81NO20. The van der Waals surface area contributed by atoms with Gasteiger partial charge in [0.1, 0.15) is 69.2 Å². The second-order valence-corrected chi connectivity index (χ2v) is 24.8. The number of ether oxygens (including phenoxy) is 7. The molecule has 4 aromatic heterocycles. The van der Waals surface area contributed by atoms with E-state index >= 15 is 0 Å². The first-order valence-electron chi connectivity index (χ1n) is 33.6. The molecule has 0 radical (unpaired) electrons. The largest absolute Gasteiger partial charge is 0.497 e. The van der Waals surface area contributed by atoms with Gasteiger partial charge in [-0.3, -0.25) is 24.0 Å². The highest BCUT2D eigenvalue weighted by Crippen LogP contribution is 2.37. The van der Waals surface area contributed by atoms with Crippen molar-refractivity contribution in [2.75, 3.05) is 34.5 Å². The van der Waals surface area contributed by atoms with Crippen molar-refractivity contribution in [3.63, 3.8) is 0 Å². The molecule has 1 saturated heterocycles. The molecule has 0 unspecified atom stereocenters. The first-order valence-corrected chi connectivity index (χ1v) is 33.6. The Hall–Kier alpha value is -12.7. The number of amides is 1. The van der Waals surface area contributed by atoms with Crippen LogP contribution in [0.3, 0.4) is 0 Å². The van der Waals surface area contributed by atoms with Crippen LogP contribution >= 0.6 is 0 Å². The molecule has 106 heavy (non-hydrogen) atoms. The molecule has 21 heteroatoms. The number of fused-ring (bicyclic) bond motifs is 4. The predicted molar refractivity (Wildman–Crippen MR) is 406 cm³/mol. The molecule has 0 spiro atoms. The molecule has 0 saturated carbocycles. The van der Waals surface area contributed by atoms with E-state index in [2.05, 4.69) is 0 Å². The quantitative estimate of drug-likeness (QED) is 0.0641. The summed E-state index contributed by atoms with van der Waals surface area (Å²) in [5, 5.41) is 3.15.